The maximum absolute atomic E-state index is 13.8. The summed E-state index contributed by atoms with van der Waals surface area (Å²) in [4.78, 5) is 15.4. The molecule has 0 fully saturated rings. The lowest BCUT2D eigenvalue weighted by atomic mass is 9.97. The van der Waals surface area contributed by atoms with E-state index < -0.39 is 17.4 Å². The van der Waals surface area contributed by atoms with Crippen molar-refractivity contribution in [3.63, 3.8) is 0 Å². The van der Waals surface area contributed by atoms with Crippen molar-refractivity contribution in [1.82, 2.24) is 4.98 Å². The van der Waals surface area contributed by atoms with E-state index in [1.54, 1.807) is 13.0 Å². The summed E-state index contributed by atoms with van der Waals surface area (Å²) >= 11 is 0. The molecule has 0 bridgehead atoms. The number of rotatable bonds is 5. The van der Waals surface area contributed by atoms with Gasteiger partial charge < -0.3 is 4.74 Å². The molecule has 2 aromatic rings. The molecular weight excluding hydrogens is 326 g/mol. The number of alkyl halides is 4. The second-order valence-corrected chi connectivity index (χ2v) is 5.29. The molecule has 1 heterocycles. The molecule has 0 saturated carbocycles. The monoisotopic (exact) mass is 341 g/mol. The summed E-state index contributed by atoms with van der Waals surface area (Å²) in [6.45, 7) is 2.20. The summed E-state index contributed by atoms with van der Waals surface area (Å²) in [7, 11) is 0. The highest BCUT2D eigenvalue weighted by Gasteiger charge is 2.53. The van der Waals surface area contributed by atoms with Crippen LogP contribution in [0, 0.1) is 0 Å². The summed E-state index contributed by atoms with van der Waals surface area (Å²) in [5, 5.41) is 0. The number of benzene rings is 1. The van der Waals surface area contributed by atoms with Gasteiger partial charge in [0.05, 0.1) is 0 Å². The van der Waals surface area contributed by atoms with Crippen LogP contribution in [0.3, 0.4) is 0 Å². The molecule has 128 valence electrons. The zero-order valence-electron chi connectivity index (χ0n) is 13.0. The lowest BCUT2D eigenvalue weighted by Gasteiger charge is -2.24. The van der Waals surface area contributed by atoms with Gasteiger partial charge in [0.1, 0.15) is 5.75 Å². The van der Waals surface area contributed by atoms with E-state index in [1.165, 1.54) is 24.4 Å². The number of aromatic nitrogens is 1. The Hall–Kier alpha value is -2.44. The third kappa shape index (κ3) is 3.72. The van der Waals surface area contributed by atoms with Crippen molar-refractivity contribution in [1.29, 1.82) is 0 Å². The minimum Gasteiger partial charge on any atom is -0.439 e. The van der Waals surface area contributed by atoms with E-state index in [4.69, 9.17) is 4.74 Å². The Balaban J connectivity index is 2.13. The van der Waals surface area contributed by atoms with Crippen LogP contribution in [-0.4, -0.2) is 16.9 Å². The van der Waals surface area contributed by atoms with Crippen LogP contribution in [0.15, 0.2) is 42.6 Å². The molecule has 0 saturated heterocycles. The first-order valence-electron chi connectivity index (χ1n) is 7.18. The molecule has 0 N–H and O–H groups in total. The highest BCUT2D eigenvalue weighted by atomic mass is 19.4. The van der Waals surface area contributed by atoms with Crippen LogP contribution < -0.4 is 4.74 Å². The third-order valence-corrected chi connectivity index (χ3v) is 3.53. The van der Waals surface area contributed by atoms with Crippen molar-refractivity contribution < 1.29 is 27.1 Å². The summed E-state index contributed by atoms with van der Waals surface area (Å²) < 4.78 is 57.2. The Bertz CT molecular complexity index is 707. The first-order chi connectivity index (χ1) is 11.1. The van der Waals surface area contributed by atoms with Crippen molar-refractivity contribution in [2.45, 2.75) is 32.1 Å². The largest absolute Gasteiger partial charge is 0.439 e. The third-order valence-electron chi connectivity index (χ3n) is 3.53. The second kappa shape index (κ2) is 6.59. The molecule has 2 rings (SSSR count). The van der Waals surface area contributed by atoms with Crippen LogP contribution in [0.25, 0.3) is 0 Å². The molecule has 0 spiro atoms. The zero-order valence-corrected chi connectivity index (χ0v) is 13.0. The summed E-state index contributed by atoms with van der Waals surface area (Å²) in [5.74, 6) is 0.320. The molecule has 0 aliphatic carbocycles. The Morgan fingerprint density at radius 1 is 1.08 bits per heavy atom. The van der Waals surface area contributed by atoms with Crippen LogP contribution in [0.5, 0.6) is 11.6 Å². The minimum absolute atomic E-state index is 0.0622. The molecule has 0 aliphatic rings. The molecule has 3 nitrogen and oxygen atoms in total. The first kappa shape index (κ1) is 17.9. The van der Waals surface area contributed by atoms with Crippen LogP contribution in [0.2, 0.25) is 0 Å². The number of nitrogens with zero attached hydrogens (tertiary/aromatic N) is 1. The fourth-order valence-corrected chi connectivity index (χ4v) is 1.93. The SMILES string of the molecule is CCC(=O)c1ccc(Oc2ccc(C(C)(F)C(F)(F)F)cc2)nc1. The van der Waals surface area contributed by atoms with Crippen molar-refractivity contribution in [2.75, 3.05) is 0 Å². The van der Waals surface area contributed by atoms with E-state index in [1.807, 2.05) is 0 Å². The van der Waals surface area contributed by atoms with Crippen molar-refractivity contribution in [2.24, 2.45) is 0 Å². The van der Waals surface area contributed by atoms with Gasteiger partial charge in [0.15, 0.2) is 5.78 Å². The van der Waals surface area contributed by atoms with Gasteiger partial charge in [-0.15, -0.1) is 0 Å². The number of pyridine rings is 1. The normalized spacial score (nSPS) is 14.1. The van der Waals surface area contributed by atoms with Gasteiger partial charge in [-0.1, -0.05) is 19.1 Å². The predicted octanol–water partition coefficient (Wildman–Crippen LogP) is 5.21. The number of Topliss-reactive ketones (excluding diaryl/α,β-unsaturated/α-hetero) is 1. The topological polar surface area (TPSA) is 39.2 Å². The molecule has 1 aromatic carbocycles. The van der Waals surface area contributed by atoms with Gasteiger partial charge in [-0.2, -0.15) is 13.2 Å². The number of carbonyl (C=O) groups excluding carboxylic acids is 1. The van der Waals surface area contributed by atoms with Gasteiger partial charge in [-0.05, 0) is 30.7 Å². The van der Waals surface area contributed by atoms with Gasteiger partial charge in [0.2, 0.25) is 11.5 Å². The quantitative estimate of drug-likeness (QED) is 0.553. The molecule has 24 heavy (non-hydrogen) atoms. The van der Waals surface area contributed by atoms with E-state index in [0.717, 1.165) is 12.1 Å². The van der Waals surface area contributed by atoms with Crippen molar-refractivity contribution >= 4 is 5.78 Å². The molecule has 1 atom stereocenters. The highest BCUT2D eigenvalue weighted by Crippen LogP contribution is 2.42. The molecule has 1 unspecified atom stereocenters. The maximum Gasteiger partial charge on any atom is 0.426 e. The van der Waals surface area contributed by atoms with Gasteiger partial charge in [0.25, 0.3) is 0 Å². The number of ketones is 1. The standard InChI is InChI=1S/C17H15F4NO2/c1-3-14(23)11-4-9-15(22-10-11)24-13-7-5-12(6-8-13)16(2,18)17(19,20)21/h4-10H,3H2,1-2H3. The Morgan fingerprint density at radius 3 is 2.17 bits per heavy atom. The fraction of sp³-hybridized carbons (Fsp3) is 0.294. The smallest absolute Gasteiger partial charge is 0.426 e. The van der Waals surface area contributed by atoms with E-state index in [2.05, 4.69) is 4.98 Å². The molecule has 0 radical (unpaired) electrons. The number of ether oxygens (including phenoxy) is 1. The zero-order chi connectivity index (χ0) is 18.0. The number of hydrogen-bond acceptors (Lipinski definition) is 3. The first-order valence-corrected chi connectivity index (χ1v) is 7.18. The summed E-state index contributed by atoms with van der Waals surface area (Å²) in [6.07, 6.45) is -3.29. The molecular formula is C17H15F4NO2. The Kier molecular flexibility index (Phi) is 4.91. The van der Waals surface area contributed by atoms with Gasteiger partial charge in [-0.3, -0.25) is 4.79 Å². The fourth-order valence-electron chi connectivity index (χ4n) is 1.93. The highest BCUT2D eigenvalue weighted by molar-refractivity contribution is 5.95. The van der Waals surface area contributed by atoms with Crippen molar-refractivity contribution in [3.05, 3.63) is 53.7 Å². The van der Waals surface area contributed by atoms with Gasteiger partial charge >= 0.3 is 6.18 Å². The van der Waals surface area contributed by atoms with E-state index in [-0.39, 0.29) is 17.4 Å². The van der Waals surface area contributed by atoms with Gasteiger partial charge in [-0.25, -0.2) is 9.37 Å². The molecule has 7 heteroatoms. The van der Waals surface area contributed by atoms with Gasteiger partial charge in [0, 0.05) is 24.2 Å². The average Bonchev–Trinajstić information content (AvgIpc) is 2.54. The van der Waals surface area contributed by atoms with Crippen LogP contribution in [-0.2, 0) is 5.67 Å². The molecule has 0 aliphatic heterocycles. The van der Waals surface area contributed by atoms with Crippen LogP contribution in [0.4, 0.5) is 17.6 Å². The Morgan fingerprint density at radius 2 is 1.71 bits per heavy atom. The lowest BCUT2D eigenvalue weighted by molar-refractivity contribution is -0.228. The second-order valence-electron chi connectivity index (χ2n) is 5.29. The number of carbonyl (C=O) groups is 1. The maximum atomic E-state index is 13.8. The summed E-state index contributed by atoms with van der Waals surface area (Å²) in [5.41, 5.74) is -3.51. The Labute approximate surface area is 136 Å². The minimum atomic E-state index is -5.00. The molecule has 0 amide bonds. The van der Waals surface area contributed by atoms with E-state index in [9.17, 15) is 22.4 Å². The lowest BCUT2D eigenvalue weighted by Crippen LogP contribution is -2.34. The predicted molar refractivity (Wildman–Crippen MR) is 79.9 cm³/mol. The average molecular weight is 341 g/mol. The van der Waals surface area contributed by atoms with E-state index in [0.29, 0.717) is 18.9 Å². The molecule has 1 aromatic heterocycles. The number of hydrogen-bond donors (Lipinski definition) is 0. The number of halogens is 4. The van der Waals surface area contributed by atoms with Crippen molar-refractivity contribution in [3.8, 4) is 11.6 Å². The van der Waals surface area contributed by atoms with Crippen LogP contribution in [0.1, 0.15) is 36.2 Å². The van der Waals surface area contributed by atoms with E-state index >= 15 is 0 Å². The van der Waals surface area contributed by atoms with Crippen LogP contribution >= 0.6 is 0 Å². The summed E-state index contributed by atoms with van der Waals surface area (Å²) in [6, 6.07) is 7.50.